The van der Waals surface area contributed by atoms with Crippen molar-refractivity contribution in [2.75, 3.05) is 6.54 Å². The van der Waals surface area contributed by atoms with E-state index in [1.54, 1.807) is 12.1 Å². The molecule has 0 aliphatic carbocycles. The van der Waals surface area contributed by atoms with Gasteiger partial charge >= 0.3 is 0 Å². The molecule has 0 radical (unpaired) electrons. The molecule has 0 fully saturated rings. The van der Waals surface area contributed by atoms with Crippen LogP contribution in [-0.2, 0) is 0 Å². The van der Waals surface area contributed by atoms with Crippen LogP contribution in [0.3, 0.4) is 0 Å². The summed E-state index contributed by atoms with van der Waals surface area (Å²) in [5.41, 5.74) is 0.0242. The normalized spacial score (nSPS) is 10.1. The smallest absolute Gasteiger partial charge is 0.270 e. The SMILES string of the molecule is CCCCN(N)C(=O)c1ccccc1F. The average Bonchev–Trinajstić information content (AvgIpc) is 2.25. The average molecular weight is 210 g/mol. The molecule has 0 saturated carbocycles. The van der Waals surface area contributed by atoms with Crippen molar-refractivity contribution in [1.82, 2.24) is 5.01 Å². The van der Waals surface area contributed by atoms with E-state index >= 15 is 0 Å². The fourth-order valence-electron chi connectivity index (χ4n) is 1.22. The molecule has 0 saturated heterocycles. The van der Waals surface area contributed by atoms with Crippen molar-refractivity contribution >= 4 is 5.91 Å². The van der Waals surface area contributed by atoms with Crippen LogP contribution in [0.15, 0.2) is 24.3 Å². The van der Waals surface area contributed by atoms with E-state index in [1.165, 1.54) is 12.1 Å². The highest BCUT2D eigenvalue weighted by atomic mass is 19.1. The first-order valence-electron chi connectivity index (χ1n) is 4.98. The molecule has 4 heteroatoms. The fraction of sp³-hybridized carbons (Fsp3) is 0.364. The van der Waals surface area contributed by atoms with Gasteiger partial charge in [0, 0.05) is 6.54 Å². The Balaban J connectivity index is 2.72. The minimum atomic E-state index is -0.533. The number of hydrogen-bond acceptors (Lipinski definition) is 2. The van der Waals surface area contributed by atoms with Crippen molar-refractivity contribution in [3.8, 4) is 0 Å². The number of amides is 1. The van der Waals surface area contributed by atoms with E-state index < -0.39 is 11.7 Å². The standard InChI is InChI=1S/C11H15FN2O/c1-2-3-8-14(13)11(15)9-6-4-5-7-10(9)12/h4-7H,2-3,8,13H2,1H3. The maximum Gasteiger partial charge on any atom is 0.270 e. The molecule has 0 bridgehead atoms. The molecule has 3 nitrogen and oxygen atoms in total. The third-order valence-electron chi connectivity index (χ3n) is 2.12. The topological polar surface area (TPSA) is 46.3 Å². The minimum Gasteiger partial charge on any atom is -0.277 e. The van der Waals surface area contributed by atoms with Gasteiger partial charge in [0.25, 0.3) is 5.91 Å². The number of hydrazine groups is 1. The van der Waals surface area contributed by atoms with E-state index in [0.717, 1.165) is 17.9 Å². The van der Waals surface area contributed by atoms with E-state index in [0.29, 0.717) is 6.54 Å². The van der Waals surface area contributed by atoms with Gasteiger partial charge in [0.1, 0.15) is 5.82 Å². The van der Waals surface area contributed by atoms with Gasteiger partial charge in [-0.1, -0.05) is 25.5 Å². The summed E-state index contributed by atoms with van der Waals surface area (Å²) in [5.74, 6) is 4.52. The van der Waals surface area contributed by atoms with Gasteiger partial charge in [-0.05, 0) is 18.6 Å². The van der Waals surface area contributed by atoms with Crippen molar-refractivity contribution in [2.24, 2.45) is 5.84 Å². The lowest BCUT2D eigenvalue weighted by Crippen LogP contribution is -2.38. The second-order valence-electron chi connectivity index (χ2n) is 3.33. The Morgan fingerprint density at radius 2 is 2.13 bits per heavy atom. The minimum absolute atomic E-state index is 0.0242. The number of rotatable bonds is 4. The molecule has 15 heavy (non-hydrogen) atoms. The van der Waals surface area contributed by atoms with E-state index in [-0.39, 0.29) is 5.56 Å². The van der Waals surface area contributed by atoms with E-state index in [9.17, 15) is 9.18 Å². The van der Waals surface area contributed by atoms with Gasteiger partial charge in [0.15, 0.2) is 0 Å². The molecule has 0 aliphatic heterocycles. The molecule has 0 spiro atoms. The van der Waals surface area contributed by atoms with Crippen LogP contribution in [0.4, 0.5) is 4.39 Å². The number of carbonyl (C=O) groups excluding carboxylic acids is 1. The molecule has 1 aromatic carbocycles. The number of unbranched alkanes of at least 4 members (excludes halogenated alkanes) is 1. The Bertz CT molecular complexity index is 341. The van der Waals surface area contributed by atoms with Crippen molar-refractivity contribution < 1.29 is 9.18 Å². The zero-order valence-corrected chi connectivity index (χ0v) is 8.74. The predicted octanol–water partition coefficient (Wildman–Crippen LogP) is 1.94. The van der Waals surface area contributed by atoms with Crippen molar-refractivity contribution in [3.63, 3.8) is 0 Å². The highest BCUT2D eigenvalue weighted by Crippen LogP contribution is 2.08. The Morgan fingerprint density at radius 3 is 2.73 bits per heavy atom. The van der Waals surface area contributed by atoms with Crippen LogP contribution in [0.5, 0.6) is 0 Å². The zero-order valence-electron chi connectivity index (χ0n) is 8.74. The Morgan fingerprint density at radius 1 is 1.47 bits per heavy atom. The number of halogens is 1. The van der Waals surface area contributed by atoms with Crippen LogP contribution in [-0.4, -0.2) is 17.5 Å². The summed E-state index contributed by atoms with van der Waals surface area (Å²) in [6, 6.07) is 5.84. The molecule has 1 amide bonds. The molecule has 0 heterocycles. The summed E-state index contributed by atoms with van der Waals surface area (Å²) < 4.78 is 13.2. The van der Waals surface area contributed by atoms with Crippen molar-refractivity contribution in [1.29, 1.82) is 0 Å². The van der Waals surface area contributed by atoms with Crippen LogP contribution in [0.2, 0.25) is 0 Å². The molecular weight excluding hydrogens is 195 g/mol. The van der Waals surface area contributed by atoms with Gasteiger partial charge in [0.05, 0.1) is 5.56 Å². The van der Waals surface area contributed by atoms with Gasteiger partial charge in [-0.2, -0.15) is 0 Å². The number of nitrogens with two attached hydrogens (primary N) is 1. The van der Waals surface area contributed by atoms with Gasteiger partial charge in [0.2, 0.25) is 0 Å². The number of carbonyl (C=O) groups is 1. The van der Waals surface area contributed by atoms with Crippen molar-refractivity contribution in [3.05, 3.63) is 35.6 Å². The first kappa shape index (κ1) is 11.7. The lowest BCUT2D eigenvalue weighted by atomic mass is 10.2. The van der Waals surface area contributed by atoms with E-state index in [2.05, 4.69) is 0 Å². The third kappa shape index (κ3) is 3.02. The summed E-state index contributed by atoms with van der Waals surface area (Å²) in [6.45, 7) is 2.45. The Hall–Kier alpha value is -1.42. The Kier molecular flexibility index (Phi) is 4.24. The van der Waals surface area contributed by atoms with Crippen LogP contribution >= 0.6 is 0 Å². The first-order chi connectivity index (χ1) is 7.16. The maximum atomic E-state index is 13.2. The monoisotopic (exact) mass is 210 g/mol. The van der Waals surface area contributed by atoms with Gasteiger partial charge < -0.3 is 0 Å². The summed E-state index contributed by atoms with van der Waals surface area (Å²) in [5, 5.41) is 1.06. The molecule has 0 atom stereocenters. The number of hydrogen-bond donors (Lipinski definition) is 1. The van der Waals surface area contributed by atoms with Crippen LogP contribution in [0, 0.1) is 5.82 Å². The maximum absolute atomic E-state index is 13.2. The van der Waals surface area contributed by atoms with E-state index in [4.69, 9.17) is 5.84 Å². The van der Waals surface area contributed by atoms with Gasteiger partial charge in [-0.25, -0.2) is 10.2 Å². The van der Waals surface area contributed by atoms with E-state index in [1.807, 2.05) is 6.92 Å². The summed E-state index contributed by atoms with van der Waals surface area (Å²) in [6.07, 6.45) is 1.76. The summed E-state index contributed by atoms with van der Waals surface area (Å²) in [4.78, 5) is 11.6. The predicted molar refractivity (Wildman–Crippen MR) is 56.5 cm³/mol. The molecule has 0 aliphatic rings. The second-order valence-corrected chi connectivity index (χ2v) is 3.33. The lowest BCUT2D eigenvalue weighted by molar-refractivity contribution is 0.0748. The molecule has 1 aromatic rings. The van der Waals surface area contributed by atoms with Crippen molar-refractivity contribution in [2.45, 2.75) is 19.8 Å². The summed E-state index contributed by atoms with van der Waals surface area (Å²) in [7, 11) is 0. The summed E-state index contributed by atoms with van der Waals surface area (Å²) >= 11 is 0. The molecule has 1 rings (SSSR count). The van der Waals surface area contributed by atoms with Crippen LogP contribution in [0.25, 0.3) is 0 Å². The largest absolute Gasteiger partial charge is 0.277 e. The molecule has 0 unspecified atom stereocenters. The molecule has 82 valence electrons. The second kappa shape index (κ2) is 5.46. The van der Waals surface area contributed by atoms with Crippen LogP contribution < -0.4 is 5.84 Å². The zero-order chi connectivity index (χ0) is 11.3. The molecule has 2 N–H and O–H groups in total. The van der Waals surface area contributed by atoms with Gasteiger partial charge in [-0.3, -0.25) is 9.80 Å². The highest BCUT2D eigenvalue weighted by molar-refractivity contribution is 5.94. The van der Waals surface area contributed by atoms with Gasteiger partial charge in [-0.15, -0.1) is 0 Å². The number of nitrogens with zero attached hydrogens (tertiary/aromatic N) is 1. The number of benzene rings is 1. The quantitative estimate of drug-likeness (QED) is 0.469. The molecular formula is C11H15FN2O. The highest BCUT2D eigenvalue weighted by Gasteiger charge is 2.15. The lowest BCUT2D eigenvalue weighted by Gasteiger charge is -2.16. The Labute approximate surface area is 88.7 Å². The third-order valence-corrected chi connectivity index (χ3v) is 2.12. The first-order valence-corrected chi connectivity index (χ1v) is 4.98. The van der Waals surface area contributed by atoms with Crippen LogP contribution in [0.1, 0.15) is 30.1 Å². The fourth-order valence-corrected chi connectivity index (χ4v) is 1.22. The molecule has 0 aromatic heterocycles.